The van der Waals surface area contributed by atoms with E-state index in [-0.39, 0.29) is 18.3 Å². The predicted octanol–water partition coefficient (Wildman–Crippen LogP) is 3.73. The van der Waals surface area contributed by atoms with Crippen LogP contribution in [-0.2, 0) is 11.3 Å². The van der Waals surface area contributed by atoms with Crippen LogP contribution in [0.4, 0.5) is 5.82 Å². The van der Waals surface area contributed by atoms with Crippen LogP contribution in [0.1, 0.15) is 29.5 Å². The van der Waals surface area contributed by atoms with Gasteiger partial charge in [0.1, 0.15) is 15.8 Å². The van der Waals surface area contributed by atoms with Gasteiger partial charge in [0.05, 0.1) is 17.0 Å². The van der Waals surface area contributed by atoms with E-state index in [1.807, 2.05) is 37.3 Å². The fourth-order valence-electron chi connectivity index (χ4n) is 4.59. The lowest BCUT2D eigenvalue weighted by atomic mass is 10.2. The third kappa shape index (κ3) is 3.86. The molecule has 0 N–H and O–H groups in total. The maximum Gasteiger partial charge on any atom is 0.267 e. The van der Waals surface area contributed by atoms with E-state index in [0.29, 0.717) is 44.3 Å². The summed E-state index contributed by atoms with van der Waals surface area (Å²) in [6.07, 6.45) is 5.47. The molecule has 0 radical (unpaired) electrons. The number of rotatable bonds is 4. The first-order valence-electron chi connectivity index (χ1n) is 11.4. The molecule has 0 atom stereocenters. The second kappa shape index (κ2) is 8.69. The summed E-state index contributed by atoms with van der Waals surface area (Å²) in [5.41, 5.74) is 2.66. The number of fused-ring (bicyclic) bond motifs is 2. The van der Waals surface area contributed by atoms with Crippen molar-refractivity contribution in [2.75, 3.05) is 24.8 Å². The van der Waals surface area contributed by atoms with Crippen molar-refractivity contribution in [1.29, 1.82) is 0 Å². The minimum atomic E-state index is -0.223. The van der Waals surface area contributed by atoms with Gasteiger partial charge in [0.15, 0.2) is 11.5 Å². The molecule has 5 heterocycles. The number of thioether (sulfide) groups is 1. The summed E-state index contributed by atoms with van der Waals surface area (Å²) >= 11 is 6.75. The number of anilines is 1. The molecule has 0 aliphatic carbocycles. The Balaban J connectivity index is 1.38. The number of carbonyl (C=O) groups excluding carboxylic acids is 1. The van der Waals surface area contributed by atoms with Crippen molar-refractivity contribution in [3.63, 3.8) is 0 Å². The van der Waals surface area contributed by atoms with Gasteiger partial charge in [-0.15, -0.1) is 0 Å². The SMILES string of the molecule is Cc1cccn2c(=O)c(/C=C3/SC(=S)N(Cc4ccc5c(c4)OCO5)C3=O)c(N3CCCC3)nc12. The first-order chi connectivity index (χ1) is 17.0. The number of pyridine rings is 1. The highest BCUT2D eigenvalue weighted by Gasteiger charge is 2.33. The molecule has 178 valence electrons. The summed E-state index contributed by atoms with van der Waals surface area (Å²) in [5, 5.41) is 0. The van der Waals surface area contributed by atoms with Gasteiger partial charge in [0, 0.05) is 19.3 Å². The van der Waals surface area contributed by atoms with Crippen molar-refractivity contribution in [2.45, 2.75) is 26.3 Å². The zero-order valence-corrected chi connectivity index (χ0v) is 20.7. The molecule has 0 saturated carbocycles. The van der Waals surface area contributed by atoms with Crippen LogP contribution in [0.25, 0.3) is 11.7 Å². The number of amides is 1. The Morgan fingerprint density at radius 3 is 2.77 bits per heavy atom. The van der Waals surface area contributed by atoms with Gasteiger partial charge in [-0.3, -0.25) is 18.9 Å². The minimum Gasteiger partial charge on any atom is -0.454 e. The Labute approximate surface area is 211 Å². The average Bonchev–Trinajstić information content (AvgIpc) is 3.59. The first kappa shape index (κ1) is 22.1. The van der Waals surface area contributed by atoms with Crippen molar-refractivity contribution in [2.24, 2.45) is 0 Å². The van der Waals surface area contributed by atoms with Crippen LogP contribution in [0.2, 0.25) is 0 Å². The molecule has 2 fully saturated rings. The number of aromatic nitrogens is 2. The lowest BCUT2D eigenvalue weighted by molar-refractivity contribution is -0.122. The molecule has 2 aromatic heterocycles. The Bertz CT molecular complexity index is 1480. The van der Waals surface area contributed by atoms with Crippen LogP contribution >= 0.6 is 24.0 Å². The quantitative estimate of drug-likeness (QED) is 0.391. The van der Waals surface area contributed by atoms with E-state index in [1.54, 1.807) is 21.6 Å². The molecule has 0 bridgehead atoms. The molecule has 0 unspecified atom stereocenters. The summed E-state index contributed by atoms with van der Waals surface area (Å²) < 4.78 is 12.8. The van der Waals surface area contributed by atoms with Crippen molar-refractivity contribution in [3.05, 3.63) is 68.5 Å². The van der Waals surface area contributed by atoms with Gasteiger partial charge in [-0.2, -0.15) is 0 Å². The summed E-state index contributed by atoms with van der Waals surface area (Å²) in [6.45, 7) is 4.11. The third-order valence-corrected chi connectivity index (χ3v) is 7.77. The lowest BCUT2D eigenvalue weighted by Gasteiger charge is -2.20. The van der Waals surface area contributed by atoms with Crippen LogP contribution in [0.5, 0.6) is 11.5 Å². The molecule has 1 amide bonds. The van der Waals surface area contributed by atoms with Crippen LogP contribution in [0.3, 0.4) is 0 Å². The largest absolute Gasteiger partial charge is 0.454 e. The van der Waals surface area contributed by atoms with E-state index in [9.17, 15) is 9.59 Å². The van der Waals surface area contributed by atoms with E-state index in [0.717, 1.165) is 37.1 Å². The number of hydrogen-bond donors (Lipinski definition) is 0. The third-order valence-electron chi connectivity index (χ3n) is 6.40. The number of nitrogens with zero attached hydrogens (tertiary/aromatic N) is 4. The molecule has 6 rings (SSSR count). The van der Waals surface area contributed by atoms with Crippen molar-refractivity contribution >= 4 is 51.7 Å². The number of thiocarbonyl (C=S) groups is 1. The molecule has 8 nitrogen and oxygen atoms in total. The van der Waals surface area contributed by atoms with E-state index in [1.165, 1.54) is 11.8 Å². The monoisotopic (exact) mass is 506 g/mol. The Morgan fingerprint density at radius 1 is 1.14 bits per heavy atom. The maximum atomic E-state index is 13.6. The Morgan fingerprint density at radius 2 is 1.94 bits per heavy atom. The maximum absolute atomic E-state index is 13.6. The number of carbonyl (C=O) groups is 1. The van der Waals surface area contributed by atoms with E-state index in [2.05, 4.69) is 4.90 Å². The highest BCUT2D eigenvalue weighted by molar-refractivity contribution is 8.26. The molecule has 3 aliphatic rings. The summed E-state index contributed by atoms with van der Waals surface area (Å²) in [7, 11) is 0. The topological polar surface area (TPSA) is 76.4 Å². The molecular formula is C25H22N4O4S2. The molecule has 3 aromatic rings. The fourth-order valence-corrected chi connectivity index (χ4v) is 5.82. The van der Waals surface area contributed by atoms with E-state index < -0.39 is 0 Å². The zero-order chi connectivity index (χ0) is 24.1. The minimum absolute atomic E-state index is 0.191. The number of ether oxygens (including phenoxy) is 2. The van der Waals surface area contributed by atoms with Crippen LogP contribution in [-0.4, -0.2) is 44.4 Å². The molecule has 2 saturated heterocycles. The highest BCUT2D eigenvalue weighted by Crippen LogP contribution is 2.37. The zero-order valence-electron chi connectivity index (χ0n) is 19.0. The van der Waals surface area contributed by atoms with E-state index in [4.69, 9.17) is 26.7 Å². The molecule has 1 aromatic carbocycles. The second-order valence-corrected chi connectivity index (χ2v) is 10.4. The normalized spacial score (nSPS) is 18.5. The Kier molecular flexibility index (Phi) is 5.49. The summed E-state index contributed by atoms with van der Waals surface area (Å²) in [6, 6.07) is 9.35. The van der Waals surface area contributed by atoms with Gasteiger partial charge < -0.3 is 14.4 Å². The lowest BCUT2D eigenvalue weighted by Crippen LogP contribution is -2.28. The van der Waals surface area contributed by atoms with Crippen molar-refractivity contribution in [1.82, 2.24) is 14.3 Å². The van der Waals surface area contributed by atoms with Crippen LogP contribution in [0, 0.1) is 6.92 Å². The molecule has 10 heteroatoms. The highest BCUT2D eigenvalue weighted by atomic mass is 32.2. The van der Waals surface area contributed by atoms with Crippen LogP contribution in [0.15, 0.2) is 46.2 Å². The molecule has 35 heavy (non-hydrogen) atoms. The van der Waals surface area contributed by atoms with Gasteiger partial charge in [-0.05, 0) is 55.2 Å². The number of benzene rings is 1. The summed E-state index contributed by atoms with van der Waals surface area (Å²) in [4.78, 5) is 35.9. The molecule has 3 aliphatic heterocycles. The molecular weight excluding hydrogens is 484 g/mol. The van der Waals surface area contributed by atoms with Crippen molar-refractivity contribution in [3.8, 4) is 11.5 Å². The van der Waals surface area contributed by atoms with Gasteiger partial charge in [0.25, 0.3) is 11.5 Å². The number of hydrogen-bond acceptors (Lipinski definition) is 8. The van der Waals surface area contributed by atoms with E-state index >= 15 is 0 Å². The standard InChI is InChI=1S/C25H22N4O4S2/c1-15-5-4-10-28-21(15)26-22(27-8-2-3-9-27)17(23(28)30)12-20-24(31)29(25(34)35-20)13-16-6-7-18-19(11-16)33-14-32-18/h4-7,10-12H,2-3,8-9,13-14H2,1H3/b20-12+. The van der Waals surface area contributed by atoms with Gasteiger partial charge in [0.2, 0.25) is 6.79 Å². The van der Waals surface area contributed by atoms with Gasteiger partial charge >= 0.3 is 0 Å². The average molecular weight is 507 g/mol. The van der Waals surface area contributed by atoms with Gasteiger partial charge in [-0.25, -0.2) is 4.98 Å². The van der Waals surface area contributed by atoms with Crippen molar-refractivity contribution < 1.29 is 14.3 Å². The number of aryl methyl sites for hydroxylation is 1. The van der Waals surface area contributed by atoms with Gasteiger partial charge in [-0.1, -0.05) is 36.1 Å². The van der Waals surface area contributed by atoms with Crippen LogP contribution < -0.4 is 19.9 Å². The summed E-state index contributed by atoms with van der Waals surface area (Å²) in [5.74, 6) is 1.75. The predicted molar refractivity (Wildman–Crippen MR) is 139 cm³/mol. The molecule has 0 spiro atoms. The second-order valence-electron chi connectivity index (χ2n) is 8.69. The smallest absolute Gasteiger partial charge is 0.267 e. The first-order valence-corrected chi connectivity index (χ1v) is 12.6. The Hall–Kier alpha value is -3.37. The fraction of sp³-hybridized carbons (Fsp3) is 0.280.